The standard InChI is InChI=1S/C19H22N4O3/c1-20(2)18-9-8-16(23(25)26)14-17(18)19(24)22-12-10-21(11-13-22)15-6-4-3-5-7-15/h3-9,14H,10-13H2,1-2H3. The highest BCUT2D eigenvalue weighted by Gasteiger charge is 2.26. The smallest absolute Gasteiger partial charge is 0.270 e. The van der Waals surface area contributed by atoms with Gasteiger partial charge < -0.3 is 14.7 Å². The maximum atomic E-state index is 13.0. The number of nitro groups is 1. The molecule has 26 heavy (non-hydrogen) atoms. The summed E-state index contributed by atoms with van der Waals surface area (Å²) in [6, 6.07) is 14.5. The van der Waals surface area contributed by atoms with Gasteiger partial charge >= 0.3 is 0 Å². The predicted octanol–water partition coefficient (Wildman–Crippen LogP) is 2.62. The molecule has 1 fully saturated rings. The van der Waals surface area contributed by atoms with Gasteiger partial charge in [-0.05, 0) is 18.2 Å². The minimum atomic E-state index is -0.469. The van der Waals surface area contributed by atoms with Crippen molar-refractivity contribution < 1.29 is 9.72 Å². The number of hydrogen-bond donors (Lipinski definition) is 0. The van der Waals surface area contributed by atoms with Crippen LogP contribution in [-0.4, -0.2) is 56.0 Å². The van der Waals surface area contributed by atoms with Crippen molar-refractivity contribution in [2.45, 2.75) is 0 Å². The number of benzene rings is 2. The molecule has 0 aliphatic carbocycles. The molecule has 1 amide bonds. The average molecular weight is 354 g/mol. The molecule has 0 bridgehead atoms. The predicted molar refractivity (Wildman–Crippen MR) is 102 cm³/mol. The molecule has 0 N–H and O–H groups in total. The molecule has 7 nitrogen and oxygen atoms in total. The van der Waals surface area contributed by atoms with Gasteiger partial charge in [0.05, 0.1) is 10.5 Å². The number of para-hydroxylation sites is 1. The third-order valence-corrected chi connectivity index (χ3v) is 4.59. The number of carbonyl (C=O) groups is 1. The Hall–Kier alpha value is -3.09. The van der Waals surface area contributed by atoms with E-state index in [1.165, 1.54) is 12.1 Å². The topological polar surface area (TPSA) is 69.9 Å². The highest BCUT2D eigenvalue weighted by atomic mass is 16.6. The van der Waals surface area contributed by atoms with Crippen molar-refractivity contribution in [1.82, 2.24) is 4.90 Å². The molecule has 0 radical (unpaired) electrons. The number of non-ortho nitro benzene ring substituents is 1. The Kier molecular flexibility index (Phi) is 5.06. The Morgan fingerprint density at radius 3 is 2.27 bits per heavy atom. The molecule has 1 aliphatic heterocycles. The molecular formula is C19H22N4O3. The van der Waals surface area contributed by atoms with Crippen LogP contribution in [0.1, 0.15) is 10.4 Å². The quantitative estimate of drug-likeness (QED) is 0.624. The lowest BCUT2D eigenvalue weighted by Crippen LogP contribution is -2.49. The minimum absolute atomic E-state index is 0.0677. The van der Waals surface area contributed by atoms with E-state index >= 15 is 0 Å². The van der Waals surface area contributed by atoms with Gasteiger partial charge in [-0.25, -0.2) is 0 Å². The number of nitrogens with zero attached hydrogens (tertiary/aromatic N) is 4. The maximum Gasteiger partial charge on any atom is 0.270 e. The van der Waals surface area contributed by atoms with E-state index < -0.39 is 4.92 Å². The van der Waals surface area contributed by atoms with E-state index in [-0.39, 0.29) is 11.6 Å². The molecule has 136 valence electrons. The number of anilines is 2. The zero-order valence-electron chi connectivity index (χ0n) is 15.0. The average Bonchev–Trinajstić information content (AvgIpc) is 2.67. The second-order valence-electron chi connectivity index (χ2n) is 6.47. The highest BCUT2D eigenvalue weighted by Crippen LogP contribution is 2.26. The summed E-state index contributed by atoms with van der Waals surface area (Å²) in [5.41, 5.74) is 2.13. The van der Waals surface area contributed by atoms with Crippen molar-refractivity contribution in [1.29, 1.82) is 0 Å². The summed E-state index contributed by atoms with van der Waals surface area (Å²) >= 11 is 0. The Morgan fingerprint density at radius 2 is 1.69 bits per heavy atom. The molecule has 0 unspecified atom stereocenters. The number of rotatable bonds is 4. The first-order chi connectivity index (χ1) is 12.5. The number of hydrogen-bond acceptors (Lipinski definition) is 5. The van der Waals surface area contributed by atoms with E-state index in [4.69, 9.17) is 0 Å². The van der Waals surface area contributed by atoms with Crippen LogP contribution < -0.4 is 9.80 Å². The normalized spacial score (nSPS) is 14.2. The number of carbonyl (C=O) groups excluding carboxylic acids is 1. The molecule has 2 aromatic rings. The van der Waals surface area contributed by atoms with E-state index in [0.29, 0.717) is 24.3 Å². The van der Waals surface area contributed by atoms with E-state index in [2.05, 4.69) is 17.0 Å². The van der Waals surface area contributed by atoms with Gasteiger partial charge in [-0.15, -0.1) is 0 Å². The van der Waals surface area contributed by atoms with E-state index in [0.717, 1.165) is 18.8 Å². The number of nitro benzene ring substituents is 1. The van der Waals surface area contributed by atoms with Gasteiger partial charge in [0.25, 0.3) is 11.6 Å². The van der Waals surface area contributed by atoms with E-state index in [1.807, 2.05) is 32.3 Å². The minimum Gasteiger partial charge on any atom is -0.377 e. The van der Waals surface area contributed by atoms with Crippen molar-refractivity contribution in [3.8, 4) is 0 Å². The molecule has 0 spiro atoms. The largest absolute Gasteiger partial charge is 0.377 e. The highest BCUT2D eigenvalue weighted by molar-refractivity contribution is 6.00. The monoisotopic (exact) mass is 354 g/mol. The molecule has 0 aromatic heterocycles. The summed E-state index contributed by atoms with van der Waals surface area (Å²) in [6.07, 6.45) is 0. The lowest BCUT2D eigenvalue weighted by Gasteiger charge is -2.36. The summed E-state index contributed by atoms with van der Waals surface area (Å²) < 4.78 is 0. The van der Waals surface area contributed by atoms with Gasteiger partial charge in [0.1, 0.15) is 0 Å². The molecule has 7 heteroatoms. The van der Waals surface area contributed by atoms with Crippen molar-refractivity contribution in [3.05, 3.63) is 64.2 Å². The van der Waals surface area contributed by atoms with Gasteiger partial charge in [-0.1, -0.05) is 18.2 Å². The Morgan fingerprint density at radius 1 is 1.04 bits per heavy atom. The van der Waals surface area contributed by atoms with E-state index in [9.17, 15) is 14.9 Å². The lowest BCUT2D eigenvalue weighted by atomic mass is 10.1. The first-order valence-electron chi connectivity index (χ1n) is 8.52. The number of piperazine rings is 1. The van der Waals surface area contributed by atoms with Crippen molar-refractivity contribution in [2.75, 3.05) is 50.1 Å². The van der Waals surface area contributed by atoms with Gasteiger partial charge in [0.2, 0.25) is 0 Å². The first-order valence-corrected chi connectivity index (χ1v) is 8.52. The van der Waals surface area contributed by atoms with Crippen LogP contribution in [0.5, 0.6) is 0 Å². The molecule has 0 atom stereocenters. The van der Waals surface area contributed by atoms with Gasteiger partial charge in [0, 0.05) is 63.8 Å². The summed E-state index contributed by atoms with van der Waals surface area (Å²) in [7, 11) is 3.65. The zero-order valence-corrected chi connectivity index (χ0v) is 15.0. The Balaban J connectivity index is 1.78. The third-order valence-electron chi connectivity index (χ3n) is 4.59. The van der Waals surface area contributed by atoms with Crippen LogP contribution in [0.4, 0.5) is 17.1 Å². The molecule has 1 heterocycles. The van der Waals surface area contributed by atoms with Crippen LogP contribution in [0.2, 0.25) is 0 Å². The van der Waals surface area contributed by atoms with Gasteiger partial charge in [0.15, 0.2) is 0 Å². The second-order valence-corrected chi connectivity index (χ2v) is 6.47. The number of amides is 1. The fourth-order valence-electron chi connectivity index (χ4n) is 3.18. The maximum absolute atomic E-state index is 13.0. The Bertz CT molecular complexity index is 800. The van der Waals surface area contributed by atoms with Crippen LogP contribution >= 0.6 is 0 Å². The van der Waals surface area contributed by atoms with Gasteiger partial charge in [-0.2, -0.15) is 0 Å². The van der Waals surface area contributed by atoms with Gasteiger partial charge in [-0.3, -0.25) is 14.9 Å². The van der Waals surface area contributed by atoms with Crippen molar-refractivity contribution in [2.24, 2.45) is 0 Å². The summed E-state index contributed by atoms with van der Waals surface area (Å²) in [5, 5.41) is 11.1. The van der Waals surface area contributed by atoms with E-state index in [1.54, 1.807) is 15.9 Å². The lowest BCUT2D eigenvalue weighted by molar-refractivity contribution is -0.384. The third kappa shape index (κ3) is 3.61. The van der Waals surface area contributed by atoms with Crippen molar-refractivity contribution in [3.63, 3.8) is 0 Å². The first kappa shape index (κ1) is 17.7. The summed E-state index contributed by atoms with van der Waals surface area (Å²) in [6.45, 7) is 2.65. The van der Waals surface area contributed by atoms with Crippen LogP contribution in [0.3, 0.4) is 0 Å². The van der Waals surface area contributed by atoms with Crippen molar-refractivity contribution >= 4 is 23.0 Å². The fourth-order valence-corrected chi connectivity index (χ4v) is 3.18. The molecule has 0 saturated carbocycles. The molecule has 1 aliphatic rings. The zero-order chi connectivity index (χ0) is 18.7. The molecule has 1 saturated heterocycles. The SMILES string of the molecule is CN(C)c1ccc([N+](=O)[O-])cc1C(=O)N1CCN(c2ccccc2)CC1. The summed E-state index contributed by atoms with van der Waals surface area (Å²) in [5.74, 6) is -0.162. The van der Waals surface area contributed by atoms with Crippen LogP contribution in [0.25, 0.3) is 0 Å². The van der Waals surface area contributed by atoms with Crippen LogP contribution in [-0.2, 0) is 0 Å². The second kappa shape index (κ2) is 7.43. The fraction of sp³-hybridized carbons (Fsp3) is 0.316. The molecule has 3 rings (SSSR count). The summed E-state index contributed by atoms with van der Waals surface area (Å²) in [4.78, 5) is 29.4. The van der Waals surface area contributed by atoms with Crippen LogP contribution in [0.15, 0.2) is 48.5 Å². The molecular weight excluding hydrogens is 332 g/mol. The van der Waals surface area contributed by atoms with Crippen LogP contribution in [0, 0.1) is 10.1 Å². The Labute approximate surface area is 152 Å². The molecule has 2 aromatic carbocycles.